The van der Waals surface area contributed by atoms with Crippen LogP contribution in [0.1, 0.15) is 5.56 Å². The van der Waals surface area contributed by atoms with E-state index in [4.69, 9.17) is 4.74 Å². The topological polar surface area (TPSA) is 67.1 Å². The normalized spacial score (nSPS) is 12.0. The van der Waals surface area contributed by atoms with Crippen molar-refractivity contribution in [2.24, 2.45) is 10.2 Å². The van der Waals surface area contributed by atoms with Crippen molar-refractivity contribution < 1.29 is 23.0 Å². The van der Waals surface area contributed by atoms with Gasteiger partial charge < -0.3 is 9.84 Å². The number of aromatic hydroxyl groups is 1. The fourth-order valence-electron chi connectivity index (χ4n) is 2.83. The maximum Gasteiger partial charge on any atom is 0.418 e. The Labute approximate surface area is 173 Å². The lowest BCUT2D eigenvalue weighted by atomic mass is 10.1. The van der Waals surface area contributed by atoms with Crippen molar-refractivity contribution in [1.82, 2.24) is 4.98 Å². The lowest BCUT2D eigenvalue weighted by molar-refractivity contribution is -0.137. The fourth-order valence-corrected chi connectivity index (χ4v) is 3.82. The number of fused-ring (bicyclic) bond motifs is 1. The largest absolute Gasteiger partial charge is 0.508 e. The predicted octanol–water partition coefficient (Wildman–Crippen LogP) is 7.11. The molecule has 1 heterocycles. The van der Waals surface area contributed by atoms with E-state index in [0.29, 0.717) is 17.5 Å². The molecule has 5 nitrogen and oxygen atoms in total. The molecule has 0 aliphatic heterocycles. The standard InChI is InChI=1S/C21H14F3N3O2S/c1-29-17-3-2-4-18-19(17)25-20(30-18)12-5-7-13(8-6-12)26-27-16-10-9-14(28)11-15(16)21(22,23)24/h2-11,28H,1H3. The summed E-state index contributed by atoms with van der Waals surface area (Å²) in [6, 6.07) is 15.4. The third-order valence-corrected chi connectivity index (χ3v) is 5.34. The number of rotatable bonds is 4. The maximum absolute atomic E-state index is 13.1. The highest BCUT2D eigenvalue weighted by Crippen LogP contribution is 2.39. The zero-order chi connectivity index (χ0) is 21.3. The summed E-state index contributed by atoms with van der Waals surface area (Å²) in [7, 11) is 1.59. The lowest BCUT2D eigenvalue weighted by Crippen LogP contribution is -2.04. The van der Waals surface area contributed by atoms with Gasteiger partial charge in [-0.1, -0.05) is 6.07 Å². The number of ether oxygens (including phenoxy) is 1. The number of phenols is 1. The van der Waals surface area contributed by atoms with E-state index >= 15 is 0 Å². The summed E-state index contributed by atoms with van der Waals surface area (Å²) in [6.07, 6.45) is -4.65. The van der Waals surface area contributed by atoms with Crippen LogP contribution in [-0.4, -0.2) is 17.2 Å². The number of aromatic nitrogens is 1. The van der Waals surface area contributed by atoms with Crippen LogP contribution in [0.2, 0.25) is 0 Å². The van der Waals surface area contributed by atoms with Crippen LogP contribution < -0.4 is 4.74 Å². The maximum atomic E-state index is 13.1. The van der Waals surface area contributed by atoms with E-state index in [-0.39, 0.29) is 5.69 Å². The molecular formula is C21H14F3N3O2S. The number of alkyl halides is 3. The molecule has 152 valence electrons. The zero-order valence-electron chi connectivity index (χ0n) is 15.5. The molecule has 0 aliphatic carbocycles. The number of hydrogen-bond donors (Lipinski definition) is 1. The molecule has 0 aliphatic rings. The van der Waals surface area contributed by atoms with Crippen LogP contribution in [0.15, 0.2) is 70.9 Å². The summed E-state index contributed by atoms with van der Waals surface area (Å²) in [4.78, 5) is 4.61. The van der Waals surface area contributed by atoms with Gasteiger partial charge in [-0.15, -0.1) is 16.5 Å². The van der Waals surface area contributed by atoms with E-state index in [1.807, 2.05) is 18.2 Å². The van der Waals surface area contributed by atoms with Gasteiger partial charge in [0.2, 0.25) is 0 Å². The third kappa shape index (κ3) is 3.97. The molecule has 0 atom stereocenters. The summed E-state index contributed by atoms with van der Waals surface area (Å²) >= 11 is 1.51. The highest BCUT2D eigenvalue weighted by molar-refractivity contribution is 7.21. The van der Waals surface area contributed by atoms with E-state index in [0.717, 1.165) is 32.9 Å². The number of hydrogen-bond acceptors (Lipinski definition) is 6. The molecule has 0 spiro atoms. The Kier molecular flexibility index (Phi) is 5.13. The van der Waals surface area contributed by atoms with E-state index in [9.17, 15) is 18.3 Å². The summed E-state index contributed by atoms with van der Waals surface area (Å²) in [5.74, 6) is 0.202. The molecule has 3 aromatic carbocycles. The van der Waals surface area contributed by atoms with Crippen molar-refractivity contribution in [2.45, 2.75) is 6.18 Å². The Bertz CT molecular complexity index is 1230. The molecule has 1 aromatic heterocycles. The Morgan fingerprint density at radius 2 is 1.77 bits per heavy atom. The van der Waals surface area contributed by atoms with Gasteiger partial charge >= 0.3 is 6.18 Å². The zero-order valence-corrected chi connectivity index (χ0v) is 16.3. The second-order valence-corrected chi connectivity index (χ2v) is 7.30. The molecule has 0 bridgehead atoms. The molecule has 0 fully saturated rings. The molecule has 0 unspecified atom stereocenters. The number of benzene rings is 3. The first kappa shape index (κ1) is 19.8. The summed E-state index contributed by atoms with van der Waals surface area (Å²) < 4.78 is 45.6. The Morgan fingerprint density at radius 3 is 2.47 bits per heavy atom. The van der Waals surface area contributed by atoms with Crippen molar-refractivity contribution in [2.75, 3.05) is 7.11 Å². The predicted molar refractivity (Wildman–Crippen MR) is 109 cm³/mol. The van der Waals surface area contributed by atoms with Crippen molar-refractivity contribution in [3.05, 3.63) is 66.2 Å². The summed E-state index contributed by atoms with van der Waals surface area (Å²) in [5.41, 5.74) is 0.584. The van der Waals surface area contributed by atoms with Crippen molar-refractivity contribution in [3.63, 3.8) is 0 Å². The van der Waals surface area contributed by atoms with Crippen LogP contribution in [0.5, 0.6) is 11.5 Å². The molecule has 30 heavy (non-hydrogen) atoms. The van der Waals surface area contributed by atoms with Gasteiger partial charge in [0.25, 0.3) is 0 Å². The van der Waals surface area contributed by atoms with Gasteiger partial charge in [0.1, 0.15) is 22.0 Å². The molecule has 4 rings (SSSR count). The summed E-state index contributed by atoms with van der Waals surface area (Å²) in [6.45, 7) is 0. The smallest absolute Gasteiger partial charge is 0.418 e. The van der Waals surface area contributed by atoms with E-state index < -0.39 is 17.5 Å². The molecule has 0 saturated carbocycles. The Morgan fingerprint density at radius 1 is 1.00 bits per heavy atom. The van der Waals surface area contributed by atoms with Crippen molar-refractivity contribution in [3.8, 4) is 22.1 Å². The van der Waals surface area contributed by atoms with E-state index in [2.05, 4.69) is 15.2 Å². The second kappa shape index (κ2) is 7.75. The average Bonchev–Trinajstić information content (AvgIpc) is 3.17. The van der Waals surface area contributed by atoms with Gasteiger partial charge in [0.15, 0.2) is 0 Å². The highest BCUT2D eigenvalue weighted by atomic mass is 32.1. The molecule has 4 aromatic rings. The van der Waals surface area contributed by atoms with Crippen LogP contribution in [0.4, 0.5) is 24.5 Å². The molecular weight excluding hydrogens is 415 g/mol. The van der Waals surface area contributed by atoms with Crippen LogP contribution in [-0.2, 0) is 6.18 Å². The van der Waals surface area contributed by atoms with Gasteiger partial charge in [-0.2, -0.15) is 18.3 Å². The number of methoxy groups -OCH3 is 1. The first-order chi connectivity index (χ1) is 14.3. The minimum atomic E-state index is -4.65. The number of para-hydroxylation sites is 1. The van der Waals surface area contributed by atoms with E-state index in [1.165, 1.54) is 11.3 Å². The fraction of sp³-hybridized carbons (Fsp3) is 0.0952. The second-order valence-electron chi connectivity index (χ2n) is 6.27. The molecule has 0 saturated heterocycles. The van der Waals surface area contributed by atoms with Crippen LogP contribution in [0, 0.1) is 0 Å². The highest BCUT2D eigenvalue weighted by Gasteiger charge is 2.34. The van der Waals surface area contributed by atoms with Gasteiger partial charge in [-0.05, 0) is 54.6 Å². The SMILES string of the molecule is COc1cccc2sc(-c3ccc(N=Nc4ccc(O)cc4C(F)(F)F)cc3)nc12. The molecule has 1 N–H and O–H groups in total. The first-order valence-electron chi connectivity index (χ1n) is 8.71. The Balaban J connectivity index is 1.61. The van der Waals surface area contributed by atoms with Crippen molar-refractivity contribution >= 4 is 32.9 Å². The van der Waals surface area contributed by atoms with Crippen LogP contribution >= 0.6 is 11.3 Å². The number of phenolic OH excluding ortho intramolecular Hbond substituents is 1. The first-order valence-corrected chi connectivity index (χ1v) is 9.53. The van der Waals surface area contributed by atoms with Gasteiger partial charge in [-0.25, -0.2) is 4.98 Å². The summed E-state index contributed by atoms with van der Waals surface area (Å²) in [5, 5.41) is 17.7. The third-order valence-electron chi connectivity index (χ3n) is 4.27. The van der Waals surface area contributed by atoms with Gasteiger partial charge in [-0.3, -0.25) is 0 Å². The van der Waals surface area contributed by atoms with Crippen LogP contribution in [0.25, 0.3) is 20.8 Å². The number of thiazole rings is 1. The molecule has 0 radical (unpaired) electrons. The minimum absolute atomic E-state index is 0.373. The van der Waals surface area contributed by atoms with Crippen molar-refractivity contribution in [1.29, 1.82) is 0 Å². The number of azo groups is 1. The van der Waals surface area contributed by atoms with E-state index in [1.54, 1.807) is 31.4 Å². The monoisotopic (exact) mass is 429 g/mol. The van der Waals surface area contributed by atoms with Crippen LogP contribution in [0.3, 0.4) is 0 Å². The minimum Gasteiger partial charge on any atom is -0.508 e. The lowest BCUT2D eigenvalue weighted by Gasteiger charge is -2.09. The quantitative estimate of drug-likeness (QED) is 0.352. The number of nitrogens with zero attached hydrogens (tertiary/aromatic N) is 3. The molecule has 0 amide bonds. The Hall–Kier alpha value is -3.46. The van der Waals surface area contributed by atoms with Gasteiger partial charge in [0, 0.05) is 5.56 Å². The molecule has 9 heteroatoms. The average molecular weight is 429 g/mol. The number of halogens is 3. The van der Waals surface area contributed by atoms with Gasteiger partial charge in [0.05, 0.1) is 28.7 Å².